The summed E-state index contributed by atoms with van der Waals surface area (Å²) in [5.74, 6) is 0. The van der Waals surface area contributed by atoms with E-state index in [0.29, 0.717) is 6.42 Å². The molecule has 0 spiro atoms. The van der Waals surface area contributed by atoms with Crippen molar-refractivity contribution in [1.29, 1.82) is 0 Å². The van der Waals surface area contributed by atoms with E-state index >= 15 is 0 Å². The maximum atomic E-state index is 9.24. The molecule has 0 aliphatic heterocycles. The Morgan fingerprint density at radius 1 is 1.32 bits per heavy atom. The molecule has 0 aliphatic rings. The number of aliphatic hydroxyl groups is 1. The first-order valence-corrected chi connectivity index (χ1v) is 7.15. The summed E-state index contributed by atoms with van der Waals surface area (Å²) in [6, 6.07) is 6.48. The number of aromatic nitrogens is 2. The first kappa shape index (κ1) is 12.4. The van der Waals surface area contributed by atoms with E-state index in [9.17, 15) is 5.11 Å². The van der Waals surface area contributed by atoms with Crippen LogP contribution in [0.15, 0.2) is 30.6 Å². The van der Waals surface area contributed by atoms with Crippen LogP contribution >= 0.6 is 11.3 Å². The lowest BCUT2D eigenvalue weighted by Gasteiger charge is -2.08. The van der Waals surface area contributed by atoms with Gasteiger partial charge < -0.3 is 5.11 Å². The molecular formula is C15H16N2OS. The largest absolute Gasteiger partial charge is 0.396 e. The van der Waals surface area contributed by atoms with Crippen LogP contribution in [0.25, 0.3) is 16.2 Å². The molecule has 2 heterocycles. The van der Waals surface area contributed by atoms with Gasteiger partial charge in [-0.1, -0.05) is 23.8 Å². The van der Waals surface area contributed by atoms with Crippen LogP contribution in [0.3, 0.4) is 0 Å². The van der Waals surface area contributed by atoms with Crippen molar-refractivity contribution in [2.24, 2.45) is 0 Å². The Morgan fingerprint density at radius 3 is 2.89 bits per heavy atom. The zero-order valence-corrected chi connectivity index (χ0v) is 11.9. The number of aryl methyl sites for hydroxylation is 2. The molecule has 0 radical (unpaired) electrons. The number of hydrogen-bond acceptors (Lipinski definition) is 3. The SMILES string of the molecule is Cc1ccc(-c2c(CCO)sc3nccn23)c(C)c1. The molecule has 0 unspecified atom stereocenters. The molecule has 19 heavy (non-hydrogen) atoms. The number of hydrogen-bond donors (Lipinski definition) is 1. The Kier molecular flexibility index (Phi) is 3.12. The molecule has 2 aromatic heterocycles. The van der Waals surface area contributed by atoms with Gasteiger partial charge in [0.05, 0.1) is 5.69 Å². The van der Waals surface area contributed by atoms with E-state index in [1.165, 1.54) is 27.3 Å². The maximum Gasteiger partial charge on any atom is 0.194 e. The van der Waals surface area contributed by atoms with Gasteiger partial charge >= 0.3 is 0 Å². The Bertz CT molecular complexity index is 727. The monoisotopic (exact) mass is 272 g/mol. The second kappa shape index (κ2) is 4.79. The number of thiazole rings is 1. The van der Waals surface area contributed by atoms with E-state index in [4.69, 9.17) is 0 Å². The van der Waals surface area contributed by atoms with Crippen molar-refractivity contribution in [1.82, 2.24) is 9.38 Å². The molecule has 3 aromatic rings. The predicted octanol–water partition coefficient (Wildman–Crippen LogP) is 3.21. The Hall–Kier alpha value is -1.65. The minimum atomic E-state index is 0.168. The van der Waals surface area contributed by atoms with Gasteiger partial charge in [0.1, 0.15) is 0 Å². The average Bonchev–Trinajstić information content (AvgIpc) is 2.91. The number of imidazole rings is 1. The van der Waals surface area contributed by atoms with E-state index in [-0.39, 0.29) is 6.61 Å². The van der Waals surface area contributed by atoms with Crippen LogP contribution < -0.4 is 0 Å². The van der Waals surface area contributed by atoms with Crippen LogP contribution in [0, 0.1) is 13.8 Å². The highest BCUT2D eigenvalue weighted by atomic mass is 32.1. The van der Waals surface area contributed by atoms with Gasteiger partial charge in [0.2, 0.25) is 0 Å². The van der Waals surface area contributed by atoms with E-state index in [1.807, 2.05) is 12.4 Å². The standard InChI is InChI=1S/C15H16N2OS/c1-10-3-4-12(11(2)9-10)14-13(5-8-18)19-15-16-6-7-17(14)15/h3-4,6-7,9,18H,5,8H2,1-2H3. The summed E-state index contributed by atoms with van der Waals surface area (Å²) < 4.78 is 2.12. The third kappa shape index (κ3) is 2.07. The van der Waals surface area contributed by atoms with Crippen molar-refractivity contribution in [2.75, 3.05) is 6.61 Å². The molecule has 0 saturated carbocycles. The third-order valence-corrected chi connectivity index (χ3v) is 4.43. The molecular weight excluding hydrogens is 256 g/mol. The van der Waals surface area contributed by atoms with Crippen molar-refractivity contribution in [3.05, 3.63) is 46.6 Å². The minimum Gasteiger partial charge on any atom is -0.396 e. The lowest BCUT2D eigenvalue weighted by Crippen LogP contribution is -1.95. The van der Waals surface area contributed by atoms with Crippen LogP contribution in [-0.2, 0) is 6.42 Å². The highest BCUT2D eigenvalue weighted by Crippen LogP contribution is 2.33. The molecule has 1 aromatic carbocycles. The summed E-state index contributed by atoms with van der Waals surface area (Å²) in [6.07, 6.45) is 4.49. The van der Waals surface area contributed by atoms with Crippen LogP contribution in [-0.4, -0.2) is 21.1 Å². The topological polar surface area (TPSA) is 37.5 Å². The summed E-state index contributed by atoms with van der Waals surface area (Å²) in [6.45, 7) is 4.40. The number of nitrogens with zero attached hydrogens (tertiary/aromatic N) is 2. The van der Waals surface area contributed by atoms with Crippen LogP contribution in [0.2, 0.25) is 0 Å². The lowest BCUT2D eigenvalue weighted by atomic mass is 10.0. The number of benzene rings is 1. The van der Waals surface area contributed by atoms with Gasteiger partial charge in [0.15, 0.2) is 4.96 Å². The average molecular weight is 272 g/mol. The van der Waals surface area contributed by atoms with Crippen molar-refractivity contribution in [3.8, 4) is 11.3 Å². The van der Waals surface area contributed by atoms with Crippen molar-refractivity contribution in [3.63, 3.8) is 0 Å². The van der Waals surface area contributed by atoms with Gasteiger partial charge in [0.25, 0.3) is 0 Å². The van der Waals surface area contributed by atoms with E-state index in [2.05, 4.69) is 41.4 Å². The fourth-order valence-electron chi connectivity index (χ4n) is 2.46. The molecule has 0 fully saturated rings. The molecule has 3 rings (SSSR count). The Balaban J connectivity index is 2.26. The van der Waals surface area contributed by atoms with E-state index in [1.54, 1.807) is 11.3 Å². The van der Waals surface area contributed by atoms with E-state index in [0.717, 1.165) is 4.96 Å². The Labute approximate surface area is 116 Å². The Morgan fingerprint density at radius 2 is 2.16 bits per heavy atom. The zero-order valence-electron chi connectivity index (χ0n) is 11.1. The molecule has 0 atom stereocenters. The number of fused-ring (bicyclic) bond motifs is 1. The molecule has 3 nitrogen and oxygen atoms in total. The normalized spacial score (nSPS) is 11.3. The zero-order chi connectivity index (χ0) is 13.4. The van der Waals surface area contributed by atoms with Gasteiger partial charge in [-0.15, -0.1) is 11.3 Å². The second-order valence-electron chi connectivity index (χ2n) is 4.75. The summed E-state index contributed by atoms with van der Waals surface area (Å²) in [5.41, 5.74) is 4.91. The summed E-state index contributed by atoms with van der Waals surface area (Å²) in [5, 5.41) is 9.24. The first-order chi connectivity index (χ1) is 9.20. The van der Waals surface area contributed by atoms with E-state index < -0.39 is 0 Å². The molecule has 98 valence electrons. The molecule has 0 aliphatic carbocycles. The van der Waals surface area contributed by atoms with Gasteiger partial charge in [0, 0.05) is 35.9 Å². The van der Waals surface area contributed by atoms with Crippen molar-refractivity contribution in [2.45, 2.75) is 20.3 Å². The fraction of sp³-hybridized carbons (Fsp3) is 0.267. The molecule has 1 N–H and O–H groups in total. The predicted molar refractivity (Wildman–Crippen MR) is 78.8 cm³/mol. The van der Waals surface area contributed by atoms with Crippen LogP contribution in [0.4, 0.5) is 0 Å². The minimum absolute atomic E-state index is 0.168. The highest BCUT2D eigenvalue weighted by Gasteiger charge is 2.15. The molecule has 0 bridgehead atoms. The van der Waals surface area contributed by atoms with Gasteiger partial charge in [-0.05, 0) is 19.4 Å². The molecule has 4 heteroatoms. The van der Waals surface area contributed by atoms with Crippen molar-refractivity contribution < 1.29 is 5.11 Å². The summed E-state index contributed by atoms with van der Waals surface area (Å²) in [7, 11) is 0. The summed E-state index contributed by atoms with van der Waals surface area (Å²) in [4.78, 5) is 6.53. The van der Waals surface area contributed by atoms with Gasteiger partial charge in [-0.25, -0.2) is 4.98 Å². The lowest BCUT2D eigenvalue weighted by molar-refractivity contribution is 0.300. The van der Waals surface area contributed by atoms with Crippen molar-refractivity contribution >= 4 is 16.3 Å². The second-order valence-corrected chi connectivity index (χ2v) is 5.81. The van der Waals surface area contributed by atoms with Gasteiger partial charge in [-0.2, -0.15) is 0 Å². The van der Waals surface area contributed by atoms with Gasteiger partial charge in [-0.3, -0.25) is 4.40 Å². The highest BCUT2D eigenvalue weighted by molar-refractivity contribution is 7.17. The summed E-state index contributed by atoms with van der Waals surface area (Å²) >= 11 is 1.65. The fourth-order valence-corrected chi connectivity index (χ4v) is 3.54. The quantitative estimate of drug-likeness (QED) is 0.795. The smallest absolute Gasteiger partial charge is 0.194 e. The van der Waals surface area contributed by atoms with Crippen LogP contribution in [0.1, 0.15) is 16.0 Å². The first-order valence-electron chi connectivity index (χ1n) is 6.34. The number of aliphatic hydroxyl groups excluding tert-OH is 1. The van der Waals surface area contributed by atoms with Crippen LogP contribution in [0.5, 0.6) is 0 Å². The molecule has 0 amide bonds. The molecule has 0 saturated heterocycles. The maximum absolute atomic E-state index is 9.24. The number of rotatable bonds is 3. The third-order valence-electron chi connectivity index (χ3n) is 3.30.